The van der Waals surface area contributed by atoms with Crippen LogP contribution in [0.4, 0.5) is 11.8 Å². The minimum absolute atomic E-state index is 0.265. The third-order valence-electron chi connectivity index (χ3n) is 2.62. The molecule has 2 aromatic heterocycles. The molecule has 7 nitrogen and oxygen atoms in total. The molecule has 2 rings (SSSR count). The summed E-state index contributed by atoms with van der Waals surface area (Å²) in [4.78, 5) is 8.60. The molecule has 18 heavy (non-hydrogen) atoms. The summed E-state index contributed by atoms with van der Waals surface area (Å²) in [6.45, 7) is 2.55. The molecule has 0 aromatic carbocycles. The standard InChI is InChI=1S/C11H18N6O/c1-7(18)4-3-5-13-9-8-6-14-17-10(8)16-11(12-2)15-9/h6-7,18H,3-5H2,1-2H3,(H3,12,13,14,15,16,17). The zero-order valence-electron chi connectivity index (χ0n) is 10.6. The van der Waals surface area contributed by atoms with Gasteiger partial charge in [0.05, 0.1) is 17.7 Å². The van der Waals surface area contributed by atoms with E-state index in [1.807, 2.05) is 0 Å². The number of aromatic amines is 1. The first-order chi connectivity index (χ1) is 8.70. The third-order valence-corrected chi connectivity index (χ3v) is 2.62. The van der Waals surface area contributed by atoms with E-state index < -0.39 is 0 Å². The lowest BCUT2D eigenvalue weighted by molar-refractivity contribution is 0.183. The van der Waals surface area contributed by atoms with Gasteiger partial charge in [-0.15, -0.1) is 0 Å². The first-order valence-corrected chi connectivity index (χ1v) is 6.01. The second kappa shape index (κ2) is 5.63. The summed E-state index contributed by atoms with van der Waals surface area (Å²) in [6, 6.07) is 0. The highest BCUT2D eigenvalue weighted by molar-refractivity contribution is 5.86. The summed E-state index contributed by atoms with van der Waals surface area (Å²) >= 11 is 0. The first-order valence-electron chi connectivity index (χ1n) is 6.01. The van der Waals surface area contributed by atoms with E-state index in [9.17, 15) is 5.11 Å². The maximum absolute atomic E-state index is 9.19. The van der Waals surface area contributed by atoms with Crippen LogP contribution in [-0.2, 0) is 0 Å². The number of aliphatic hydroxyl groups is 1. The zero-order chi connectivity index (χ0) is 13.0. The van der Waals surface area contributed by atoms with Gasteiger partial charge < -0.3 is 15.7 Å². The molecule has 0 fully saturated rings. The minimum Gasteiger partial charge on any atom is -0.393 e. The molecule has 0 aliphatic rings. The van der Waals surface area contributed by atoms with Crippen LogP contribution in [0, 0.1) is 0 Å². The van der Waals surface area contributed by atoms with E-state index in [0.29, 0.717) is 11.6 Å². The van der Waals surface area contributed by atoms with E-state index in [4.69, 9.17) is 0 Å². The highest BCUT2D eigenvalue weighted by Crippen LogP contribution is 2.19. The molecule has 0 saturated carbocycles. The van der Waals surface area contributed by atoms with Crippen LogP contribution >= 0.6 is 0 Å². The minimum atomic E-state index is -0.265. The fourth-order valence-corrected chi connectivity index (χ4v) is 1.69. The van der Waals surface area contributed by atoms with Crippen molar-refractivity contribution in [3.63, 3.8) is 0 Å². The van der Waals surface area contributed by atoms with Gasteiger partial charge in [0.1, 0.15) is 5.82 Å². The quantitative estimate of drug-likeness (QED) is 0.570. The summed E-state index contributed by atoms with van der Waals surface area (Å²) in [6.07, 6.45) is 3.09. The summed E-state index contributed by atoms with van der Waals surface area (Å²) in [5, 5.41) is 23.0. The highest BCUT2D eigenvalue weighted by Gasteiger charge is 2.08. The van der Waals surface area contributed by atoms with Crippen molar-refractivity contribution in [2.75, 3.05) is 24.2 Å². The van der Waals surface area contributed by atoms with Gasteiger partial charge in [-0.1, -0.05) is 0 Å². The van der Waals surface area contributed by atoms with Gasteiger partial charge in [0, 0.05) is 13.6 Å². The monoisotopic (exact) mass is 250 g/mol. The Morgan fingerprint density at radius 2 is 2.28 bits per heavy atom. The Hall–Kier alpha value is -1.89. The molecular formula is C11H18N6O. The van der Waals surface area contributed by atoms with Gasteiger partial charge in [0.15, 0.2) is 5.65 Å². The predicted octanol–water partition coefficient (Wildman–Crippen LogP) is 0.967. The second-order valence-electron chi connectivity index (χ2n) is 4.20. The van der Waals surface area contributed by atoms with Crippen LogP contribution in [0.1, 0.15) is 19.8 Å². The largest absolute Gasteiger partial charge is 0.393 e. The van der Waals surface area contributed by atoms with Gasteiger partial charge >= 0.3 is 0 Å². The lowest BCUT2D eigenvalue weighted by atomic mass is 10.2. The molecule has 0 saturated heterocycles. The van der Waals surface area contributed by atoms with Crippen LogP contribution in [0.15, 0.2) is 6.20 Å². The topological polar surface area (TPSA) is 98.8 Å². The van der Waals surface area contributed by atoms with Crippen LogP contribution in [0.3, 0.4) is 0 Å². The summed E-state index contributed by atoms with van der Waals surface area (Å²) in [7, 11) is 1.77. The maximum Gasteiger partial charge on any atom is 0.226 e. The number of nitrogens with zero attached hydrogens (tertiary/aromatic N) is 3. The molecular weight excluding hydrogens is 232 g/mol. The fourth-order valence-electron chi connectivity index (χ4n) is 1.69. The van der Waals surface area contributed by atoms with E-state index in [-0.39, 0.29) is 6.10 Å². The highest BCUT2D eigenvalue weighted by atomic mass is 16.3. The number of hydrogen-bond acceptors (Lipinski definition) is 6. The van der Waals surface area contributed by atoms with Gasteiger partial charge in [-0.2, -0.15) is 15.1 Å². The summed E-state index contributed by atoms with van der Waals surface area (Å²) in [5.41, 5.74) is 0.701. The molecule has 0 radical (unpaired) electrons. The number of rotatable bonds is 6. The number of aliphatic hydroxyl groups excluding tert-OH is 1. The number of nitrogens with one attached hydrogen (secondary N) is 3. The molecule has 0 spiro atoms. The van der Waals surface area contributed by atoms with E-state index in [2.05, 4.69) is 30.8 Å². The van der Waals surface area contributed by atoms with Crippen molar-refractivity contribution in [3.05, 3.63) is 6.20 Å². The van der Waals surface area contributed by atoms with Crippen molar-refractivity contribution < 1.29 is 5.11 Å². The van der Waals surface area contributed by atoms with Gasteiger partial charge in [0.25, 0.3) is 0 Å². The van der Waals surface area contributed by atoms with Gasteiger partial charge in [-0.05, 0) is 19.8 Å². The molecule has 7 heteroatoms. The molecule has 2 aromatic rings. The molecule has 0 aliphatic heterocycles. The van der Waals surface area contributed by atoms with Crippen molar-refractivity contribution in [3.8, 4) is 0 Å². The first kappa shape index (κ1) is 12.6. The van der Waals surface area contributed by atoms with Crippen molar-refractivity contribution in [1.29, 1.82) is 0 Å². The van der Waals surface area contributed by atoms with Crippen LogP contribution in [0.25, 0.3) is 11.0 Å². The summed E-state index contributed by atoms with van der Waals surface area (Å²) < 4.78 is 0. The number of fused-ring (bicyclic) bond motifs is 1. The zero-order valence-corrected chi connectivity index (χ0v) is 10.6. The number of aromatic nitrogens is 4. The smallest absolute Gasteiger partial charge is 0.226 e. The lowest BCUT2D eigenvalue weighted by Gasteiger charge is -2.08. The Balaban J connectivity index is 2.08. The molecule has 1 unspecified atom stereocenters. The normalized spacial score (nSPS) is 12.6. The Kier molecular flexibility index (Phi) is 3.93. The molecule has 1 atom stereocenters. The molecule has 0 aliphatic carbocycles. The maximum atomic E-state index is 9.19. The molecule has 2 heterocycles. The summed E-state index contributed by atoms with van der Waals surface area (Å²) in [5.74, 6) is 1.30. The van der Waals surface area contributed by atoms with Crippen LogP contribution in [0.5, 0.6) is 0 Å². The van der Waals surface area contributed by atoms with Crippen LogP contribution in [-0.4, -0.2) is 45.0 Å². The lowest BCUT2D eigenvalue weighted by Crippen LogP contribution is -2.09. The Morgan fingerprint density at radius 1 is 1.44 bits per heavy atom. The van der Waals surface area contributed by atoms with E-state index in [1.54, 1.807) is 20.2 Å². The molecule has 0 amide bonds. The molecule has 98 valence electrons. The van der Waals surface area contributed by atoms with Gasteiger partial charge in [-0.3, -0.25) is 5.10 Å². The SMILES string of the molecule is CNc1nc(NCCCC(C)O)c2cn[nH]c2n1. The van der Waals surface area contributed by atoms with Crippen molar-refractivity contribution in [1.82, 2.24) is 20.2 Å². The van der Waals surface area contributed by atoms with Crippen molar-refractivity contribution in [2.24, 2.45) is 0 Å². The average Bonchev–Trinajstić information content (AvgIpc) is 2.82. The Labute approximate surface area is 105 Å². The second-order valence-corrected chi connectivity index (χ2v) is 4.20. The van der Waals surface area contributed by atoms with Crippen molar-refractivity contribution in [2.45, 2.75) is 25.9 Å². The average molecular weight is 250 g/mol. The van der Waals surface area contributed by atoms with Gasteiger partial charge in [-0.25, -0.2) is 0 Å². The Bertz CT molecular complexity index is 509. The van der Waals surface area contributed by atoms with Gasteiger partial charge in [0.2, 0.25) is 5.95 Å². The van der Waals surface area contributed by atoms with E-state index >= 15 is 0 Å². The Morgan fingerprint density at radius 3 is 3.00 bits per heavy atom. The molecule has 4 N–H and O–H groups in total. The predicted molar refractivity (Wildman–Crippen MR) is 70.6 cm³/mol. The molecule has 0 bridgehead atoms. The van der Waals surface area contributed by atoms with Crippen LogP contribution < -0.4 is 10.6 Å². The third kappa shape index (κ3) is 2.86. The van der Waals surface area contributed by atoms with Crippen molar-refractivity contribution >= 4 is 22.8 Å². The number of hydrogen-bond donors (Lipinski definition) is 4. The number of H-pyrrole nitrogens is 1. The van der Waals surface area contributed by atoms with E-state index in [1.165, 1.54) is 0 Å². The number of anilines is 2. The van der Waals surface area contributed by atoms with Crippen LogP contribution in [0.2, 0.25) is 0 Å². The fraction of sp³-hybridized carbons (Fsp3) is 0.545. The van der Waals surface area contributed by atoms with E-state index in [0.717, 1.165) is 30.6 Å².